The van der Waals surface area contributed by atoms with E-state index in [-0.39, 0.29) is 12.1 Å². The number of aliphatic hydroxyl groups excluding tert-OH is 1. The molecule has 2 unspecified atom stereocenters. The molecule has 2 aliphatic rings. The van der Waals surface area contributed by atoms with Crippen LogP contribution in [0.4, 0.5) is 4.79 Å². The number of carbonyl (C=O) groups is 1. The number of aliphatic hydroxyl groups is 1. The topological polar surface area (TPSA) is 47.0 Å². The van der Waals surface area contributed by atoms with Gasteiger partial charge >= 0.3 is 6.03 Å². The van der Waals surface area contributed by atoms with Crippen molar-refractivity contribution in [2.45, 2.75) is 25.5 Å². The third kappa shape index (κ3) is 3.77. The van der Waals surface area contributed by atoms with Crippen molar-refractivity contribution in [3.8, 4) is 0 Å². The van der Waals surface area contributed by atoms with Crippen LogP contribution in [0.5, 0.6) is 0 Å². The fourth-order valence-corrected chi connectivity index (χ4v) is 3.51. The Morgan fingerprint density at radius 2 is 1.95 bits per heavy atom. The first kappa shape index (κ1) is 14.9. The first-order chi connectivity index (χ1) is 9.11. The lowest BCUT2D eigenvalue weighted by Gasteiger charge is -2.39. The van der Waals surface area contributed by atoms with Crippen molar-refractivity contribution in [2.75, 3.05) is 51.3 Å². The standard InChI is InChI=1S/C13H25N3O2S/c1-11(10-19-2)14-5-7-15(8-6-14)13(18)16-4-3-12(17)9-16/h11-12,17H,3-10H2,1-2H3. The Morgan fingerprint density at radius 1 is 1.26 bits per heavy atom. The van der Waals surface area contributed by atoms with E-state index in [2.05, 4.69) is 18.1 Å². The average molecular weight is 287 g/mol. The van der Waals surface area contributed by atoms with Crippen molar-refractivity contribution in [1.82, 2.24) is 14.7 Å². The van der Waals surface area contributed by atoms with Gasteiger partial charge in [0.05, 0.1) is 6.10 Å². The van der Waals surface area contributed by atoms with E-state index in [4.69, 9.17) is 0 Å². The molecule has 0 aliphatic carbocycles. The zero-order chi connectivity index (χ0) is 13.8. The summed E-state index contributed by atoms with van der Waals surface area (Å²) in [5, 5.41) is 9.50. The van der Waals surface area contributed by atoms with Crippen LogP contribution in [0.25, 0.3) is 0 Å². The highest BCUT2D eigenvalue weighted by Gasteiger charge is 2.30. The first-order valence-corrected chi connectivity index (χ1v) is 8.46. The highest BCUT2D eigenvalue weighted by atomic mass is 32.2. The number of β-amino-alcohol motifs (C(OH)–C–C–N with tert-alkyl or cyclic N) is 1. The lowest BCUT2D eigenvalue weighted by molar-refractivity contribution is 0.100. The molecular formula is C13H25N3O2S. The van der Waals surface area contributed by atoms with E-state index in [0.717, 1.165) is 38.4 Å². The van der Waals surface area contributed by atoms with Gasteiger partial charge in [0.25, 0.3) is 0 Å². The summed E-state index contributed by atoms with van der Waals surface area (Å²) in [5.41, 5.74) is 0. The van der Waals surface area contributed by atoms with Gasteiger partial charge in [0, 0.05) is 51.1 Å². The van der Waals surface area contributed by atoms with Crippen molar-refractivity contribution < 1.29 is 9.90 Å². The number of likely N-dealkylation sites (tertiary alicyclic amines) is 1. The minimum Gasteiger partial charge on any atom is -0.391 e. The molecule has 2 atom stereocenters. The van der Waals surface area contributed by atoms with Crippen molar-refractivity contribution in [2.24, 2.45) is 0 Å². The van der Waals surface area contributed by atoms with Gasteiger partial charge < -0.3 is 14.9 Å². The number of hydrogen-bond acceptors (Lipinski definition) is 4. The fraction of sp³-hybridized carbons (Fsp3) is 0.923. The summed E-state index contributed by atoms with van der Waals surface area (Å²) in [6.45, 7) is 7.00. The molecule has 2 rings (SSSR count). The summed E-state index contributed by atoms with van der Waals surface area (Å²) in [7, 11) is 0. The van der Waals surface area contributed by atoms with Crippen LogP contribution < -0.4 is 0 Å². The molecule has 2 saturated heterocycles. The van der Waals surface area contributed by atoms with E-state index in [1.807, 2.05) is 16.7 Å². The molecule has 0 aromatic carbocycles. The molecule has 0 aromatic rings. The Kier molecular flexibility index (Phi) is 5.36. The Balaban J connectivity index is 1.78. The summed E-state index contributed by atoms with van der Waals surface area (Å²) in [4.78, 5) is 18.4. The van der Waals surface area contributed by atoms with E-state index in [1.54, 1.807) is 4.90 Å². The molecule has 2 amide bonds. The Hall–Kier alpha value is -0.460. The lowest BCUT2D eigenvalue weighted by atomic mass is 10.2. The molecule has 19 heavy (non-hydrogen) atoms. The van der Waals surface area contributed by atoms with Gasteiger partial charge in [0.15, 0.2) is 0 Å². The predicted octanol–water partition coefficient (Wildman–Crippen LogP) is 0.542. The number of piperazine rings is 1. The zero-order valence-corrected chi connectivity index (χ0v) is 12.7. The van der Waals surface area contributed by atoms with Gasteiger partial charge in [0.2, 0.25) is 0 Å². The quantitative estimate of drug-likeness (QED) is 0.823. The third-order valence-electron chi connectivity index (χ3n) is 4.05. The molecule has 110 valence electrons. The number of rotatable bonds is 3. The zero-order valence-electron chi connectivity index (χ0n) is 11.9. The molecule has 0 spiro atoms. The van der Waals surface area contributed by atoms with Crippen LogP contribution in [0, 0.1) is 0 Å². The molecule has 2 fully saturated rings. The number of carbonyl (C=O) groups excluding carboxylic acids is 1. The Bertz CT molecular complexity index is 308. The van der Waals surface area contributed by atoms with Gasteiger partial charge in [-0.2, -0.15) is 11.8 Å². The Labute approximate surface area is 119 Å². The van der Waals surface area contributed by atoms with Gasteiger partial charge in [-0.3, -0.25) is 4.90 Å². The second-order valence-electron chi connectivity index (χ2n) is 5.50. The number of hydrogen-bond donors (Lipinski definition) is 1. The van der Waals surface area contributed by atoms with E-state index < -0.39 is 0 Å². The van der Waals surface area contributed by atoms with Crippen LogP contribution in [0.1, 0.15) is 13.3 Å². The van der Waals surface area contributed by atoms with Gasteiger partial charge in [-0.25, -0.2) is 4.79 Å². The van der Waals surface area contributed by atoms with Crippen LogP contribution in [-0.4, -0.2) is 89.3 Å². The normalized spacial score (nSPS) is 26.8. The van der Waals surface area contributed by atoms with E-state index in [0.29, 0.717) is 19.1 Å². The summed E-state index contributed by atoms with van der Waals surface area (Å²) < 4.78 is 0. The monoisotopic (exact) mass is 287 g/mol. The molecule has 0 radical (unpaired) electrons. The third-order valence-corrected chi connectivity index (χ3v) is 4.87. The van der Waals surface area contributed by atoms with Crippen molar-refractivity contribution in [3.05, 3.63) is 0 Å². The summed E-state index contributed by atoms with van der Waals surface area (Å²) >= 11 is 1.87. The van der Waals surface area contributed by atoms with Crippen LogP contribution in [-0.2, 0) is 0 Å². The van der Waals surface area contributed by atoms with E-state index >= 15 is 0 Å². The van der Waals surface area contributed by atoms with E-state index in [9.17, 15) is 9.90 Å². The molecule has 2 aliphatic heterocycles. The molecule has 5 nitrogen and oxygen atoms in total. The molecule has 0 aromatic heterocycles. The maximum absolute atomic E-state index is 12.3. The fourth-order valence-electron chi connectivity index (χ4n) is 2.82. The molecule has 2 heterocycles. The molecule has 0 bridgehead atoms. The number of thioether (sulfide) groups is 1. The van der Waals surface area contributed by atoms with Crippen molar-refractivity contribution in [3.63, 3.8) is 0 Å². The average Bonchev–Trinajstić information content (AvgIpc) is 2.85. The maximum atomic E-state index is 12.3. The summed E-state index contributed by atoms with van der Waals surface area (Å²) in [6, 6.07) is 0.689. The van der Waals surface area contributed by atoms with Gasteiger partial charge in [0.1, 0.15) is 0 Å². The maximum Gasteiger partial charge on any atom is 0.320 e. The molecule has 1 N–H and O–H groups in total. The molecular weight excluding hydrogens is 262 g/mol. The smallest absolute Gasteiger partial charge is 0.320 e. The van der Waals surface area contributed by atoms with E-state index in [1.165, 1.54) is 0 Å². The van der Waals surface area contributed by atoms with Crippen LogP contribution in [0.15, 0.2) is 0 Å². The minimum absolute atomic E-state index is 0.105. The van der Waals surface area contributed by atoms with Gasteiger partial charge in [-0.1, -0.05) is 0 Å². The second-order valence-corrected chi connectivity index (χ2v) is 6.41. The number of nitrogens with zero attached hydrogens (tertiary/aromatic N) is 3. The highest BCUT2D eigenvalue weighted by Crippen LogP contribution is 2.15. The summed E-state index contributed by atoms with van der Waals surface area (Å²) in [5.74, 6) is 1.15. The molecule has 6 heteroatoms. The van der Waals surface area contributed by atoms with Gasteiger partial charge in [-0.05, 0) is 19.6 Å². The molecule has 0 saturated carbocycles. The summed E-state index contributed by atoms with van der Waals surface area (Å²) in [6.07, 6.45) is 2.53. The first-order valence-electron chi connectivity index (χ1n) is 7.06. The second kappa shape index (κ2) is 6.81. The lowest BCUT2D eigenvalue weighted by Crippen LogP contribution is -2.54. The highest BCUT2D eigenvalue weighted by molar-refractivity contribution is 7.98. The number of amides is 2. The van der Waals surface area contributed by atoms with Gasteiger partial charge in [-0.15, -0.1) is 0 Å². The number of urea groups is 1. The predicted molar refractivity (Wildman–Crippen MR) is 78.6 cm³/mol. The van der Waals surface area contributed by atoms with Crippen LogP contribution in [0.3, 0.4) is 0 Å². The van der Waals surface area contributed by atoms with Crippen molar-refractivity contribution >= 4 is 17.8 Å². The Morgan fingerprint density at radius 3 is 2.47 bits per heavy atom. The minimum atomic E-state index is -0.327. The van der Waals surface area contributed by atoms with Crippen molar-refractivity contribution in [1.29, 1.82) is 0 Å². The largest absolute Gasteiger partial charge is 0.391 e. The SMILES string of the molecule is CSCC(C)N1CCN(C(=O)N2CCC(O)C2)CC1. The van der Waals surface area contributed by atoms with Crippen LogP contribution >= 0.6 is 11.8 Å². The van der Waals surface area contributed by atoms with Crippen LogP contribution in [0.2, 0.25) is 0 Å².